The molecule has 0 atom stereocenters. The van der Waals surface area contributed by atoms with Gasteiger partial charge < -0.3 is 5.32 Å². The summed E-state index contributed by atoms with van der Waals surface area (Å²) in [5.74, 6) is 0.318. The maximum atomic E-state index is 10.1. The van der Waals surface area contributed by atoms with E-state index in [0.29, 0.717) is 12.3 Å². The molecule has 3 heteroatoms. The summed E-state index contributed by atoms with van der Waals surface area (Å²) in [6, 6.07) is 0. The van der Waals surface area contributed by atoms with Crippen molar-refractivity contribution in [1.29, 1.82) is 0 Å². The van der Waals surface area contributed by atoms with Crippen molar-refractivity contribution in [1.82, 2.24) is 5.32 Å². The van der Waals surface area contributed by atoms with Gasteiger partial charge in [-0.3, -0.25) is 9.79 Å². The first-order valence-electron chi connectivity index (χ1n) is 3.55. The monoisotopic (exact) mass is 154 g/mol. The van der Waals surface area contributed by atoms with Gasteiger partial charge in [0.2, 0.25) is 6.41 Å². The van der Waals surface area contributed by atoms with Crippen LogP contribution in [0.3, 0.4) is 0 Å². The Labute approximate surface area is 67.2 Å². The van der Waals surface area contributed by atoms with Crippen molar-refractivity contribution in [3.05, 3.63) is 11.8 Å². The van der Waals surface area contributed by atoms with E-state index in [0.717, 1.165) is 5.70 Å². The molecule has 11 heavy (non-hydrogen) atoms. The average molecular weight is 154 g/mol. The average Bonchev–Trinajstić information content (AvgIpc) is 1.97. The molecule has 0 saturated heterocycles. The SMILES string of the molecule is CN=C/C=C(\NC=O)C(C)C. The van der Waals surface area contributed by atoms with Gasteiger partial charge in [0.15, 0.2) is 0 Å². The van der Waals surface area contributed by atoms with Gasteiger partial charge in [0.05, 0.1) is 0 Å². The lowest BCUT2D eigenvalue weighted by molar-refractivity contribution is -0.109. The van der Waals surface area contributed by atoms with Crippen LogP contribution in [0.25, 0.3) is 0 Å². The second-order valence-corrected chi connectivity index (χ2v) is 2.45. The maximum absolute atomic E-state index is 10.1. The van der Waals surface area contributed by atoms with Crippen LogP contribution in [-0.4, -0.2) is 19.7 Å². The molecule has 0 heterocycles. The second kappa shape index (κ2) is 5.65. The third-order valence-corrected chi connectivity index (χ3v) is 1.25. The normalized spacial score (nSPS) is 12.5. The van der Waals surface area contributed by atoms with Crippen molar-refractivity contribution in [2.45, 2.75) is 13.8 Å². The van der Waals surface area contributed by atoms with E-state index in [4.69, 9.17) is 0 Å². The van der Waals surface area contributed by atoms with Crippen LogP contribution in [0.4, 0.5) is 0 Å². The van der Waals surface area contributed by atoms with Crippen LogP contribution in [0.2, 0.25) is 0 Å². The fourth-order valence-electron chi connectivity index (χ4n) is 0.630. The molecule has 0 aromatic heterocycles. The number of hydrogen-bond acceptors (Lipinski definition) is 2. The maximum Gasteiger partial charge on any atom is 0.211 e. The van der Waals surface area contributed by atoms with Crippen molar-refractivity contribution in [2.75, 3.05) is 7.05 Å². The first-order valence-corrected chi connectivity index (χ1v) is 3.55. The molecule has 0 aromatic rings. The number of hydrogen-bond donors (Lipinski definition) is 1. The molecule has 0 fully saturated rings. The minimum Gasteiger partial charge on any atom is -0.332 e. The Hall–Kier alpha value is -1.12. The number of aliphatic imine (C=N–C) groups is 1. The molecule has 0 bridgehead atoms. The number of carbonyl (C=O) groups excluding carboxylic acids is 1. The van der Waals surface area contributed by atoms with Gasteiger partial charge in [-0.15, -0.1) is 0 Å². The molecule has 62 valence electrons. The molecule has 0 spiro atoms. The lowest BCUT2D eigenvalue weighted by Crippen LogP contribution is -2.15. The van der Waals surface area contributed by atoms with Gasteiger partial charge in [0, 0.05) is 19.0 Å². The number of rotatable bonds is 4. The summed E-state index contributed by atoms with van der Waals surface area (Å²) in [5, 5.41) is 2.61. The number of amides is 1. The Kier molecular flexibility index (Phi) is 5.07. The van der Waals surface area contributed by atoms with Crippen LogP contribution >= 0.6 is 0 Å². The molecular formula is C8H14N2O. The fourth-order valence-corrected chi connectivity index (χ4v) is 0.630. The first-order chi connectivity index (χ1) is 5.22. The highest BCUT2D eigenvalue weighted by Gasteiger charge is 1.98. The van der Waals surface area contributed by atoms with E-state index in [-0.39, 0.29) is 0 Å². The molecule has 0 saturated carbocycles. The standard InChI is InChI=1S/C8H14N2O/c1-7(2)8(10-6-11)4-5-9-3/h4-7H,1-3H3,(H,10,11)/b8-4-,9-5?. The summed E-state index contributed by atoms with van der Waals surface area (Å²) in [6.07, 6.45) is 4.13. The Morgan fingerprint density at radius 2 is 2.18 bits per heavy atom. The van der Waals surface area contributed by atoms with Gasteiger partial charge in [-0.2, -0.15) is 0 Å². The van der Waals surface area contributed by atoms with Crippen molar-refractivity contribution < 1.29 is 4.79 Å². The van der Waals surface area contributed by atoms with E-state index in [1.165, 1.54) is 0 Å². The predicted molar refractivity (Wildman–Crippen MR) is 46.5 cm³/mol. The number of nitrogens with one attached hydrogen (secondary N) is 1. The van der Waals surface area contributed by atoms with Crippen molar-refractivity contribution in [2.24, 2.45) is 10.9 Å². The second-order valence-electron chi connectivity index (χ2n) is 2.45. The van der Waals surface area contributed by atoms with Crippen molar-refractivity contribution >= 4 is 12.6 Å². The summed E-state index contributed by atoms with van der Waals surface area (Å²) in [7, 11) is 1.69. The zero-order valence-electron chi connectivity index (χ0n) is 7.16. The fraction of sp³-hybridized carbons (Fsp3) is 0.500. The van der Waals surface area contributed by atoms with Crippen LogP contribution in [0.15, 0.2) is 16.8 Å². The van der Waals surface area contributed by atoms with E-state index in [2.05, 4.69) is 10.3 Å². The third-order valence-electron chi connectivity index (χ3n) is 1.25. The van der Waals surface area contributed by atoms with Crippen molar-refractivity contribution in [3.63, 3.8) is 0 Å². The largest absolute Gasteiger partial charge is 0.332 e. The van der Waals surface area contributed by atoms with E-state index < -0.39 is 0 Å². The van der Waals surface area contributed by atoms with Crippen LogP contribution in [-0.2, 0) is 4.79 Å². The van der Waals surface area contributed by atoms with Crippen LogP contribution in [0, 0.1) is 5.92 Å². The molecule has 0 aromatic carbocycles. The molecule has 0 aliphatic carbocycles. The third kappa shape index (κ3) is 4.31. The van der Waals surface area contributed by atoms with E-state index in [1.54, 1.807) is 19.3 Å². The van der Waals surface area contributed by atoms with Gasteiger partial charge in [-0.1, -0.05) is 13.8 Å². The van der Waals surface area contributed by atoms with E-state index in [1.807, 2.05) is 13.8 Å². The molecular weight excluding hydrogens is 140 g/mol. The lowest BCUT2D eigenvalue weighted by Gasteiger charge is -2.07. The minimum atomic E-state index is 0.318. The van der Waals surface area contributed by atoms with Gasteiger partial charge in [-0.05, 0) is 12.0 Å². The Morgan fingerprint density at radius 3 is 2.55 bits per heavy atom. The molecule has 1 N–H and O–H groups in total. The quantitative estimate of drug-likeness (QED) is 0.476. The highest BCUT2D eigenvalue weighted by Crippen LogP contribution is 2.02. The molecule has 0 aliphatic heterocycles. The molecule has 0 radical (unpaired) electrons. The predicted octanol–water partition coefficient (Wildman–Crippen LogP) is 0.973. The highest BCUT2D eigenvalue weighted by molar-refractivity contribution is 5.72. The minimum absolute atomic E-state index is 0.318. The summed E-state index contributed by atoms with van der Waals surface area (Å²) in [4.78, 5) is 13.9. The summed E-state index contributed by atoms with van der Waals surface area (Å²) < 4.78 is 0. The molecule has 0 aliphatic rings. The van der Waals surface area contributed by atoms with Gasteiger partial charge in [-0.25, -0.2) is 0 Å². The topological polar surface area (TPSA) is 41.5 Å². The van der Waals surface area contributed by atoms with E-state index in [9.17, 15) is 4.79 Å². The smallest absolute Gasteiger partial charge is 0.211 e. The first kappa shape index (κ1) is 9.88. The zero-order chi connectivity index (χ0) is 8.69. The number of allylic oxidation sites excluding steroid dienone is 2. The lowest BCUT2D eigenvalue weighted by atomic mass is 10.1. The Bertz CT molecular complexity index is 171. The van der Waals surface area contributed by atoms with Gasteiger partial charge in [0.25, 0.3) is 0 Å². The molecule has 1 amide bonds. The van der Waals surface area contributed by atoms with E-state index >= 15 is 0 Å². The summed E-state index contributed by atoms with van der Waals surface area (Å²) >= 11 is 0. The highest BCUT2D eigenvalue weighted by atomic mass is 16.1. The summed E-state index contributed by atoms with van der Waals surface area (Å²) in [5.41, 5.74) is 0.880. The molecule has 0 rings (SSSR count). The van der Waals surface area contributed by atoms with Gasteiger partial charge in [0.1, 0.15) is 0 Å². The zero-order valence-corrected chi connectivity index (χ0v) is 7.16. The van der Waals surface area contributed by atoms with Crippen molar-refractivity contribution in [3.8, 4) is 0 Å². The van der Waals surface area contributed by atoms with Gasteiger partial charge >= 0.3 is 0 Å². The Balaban J connectivity index is 4.18. The number of carbonyl (C=O) groups is 1. The van der Waals surface area contributed by atoms with Crippen LogP contribution in [0.1, 0.15) is 13.8 Å². The van der Waals surface area contributed by atoms with Crippen LogP contribution < -0.4 is 5.32 Å². The molecule has 0 unspecified atom stereocenters. The Morgan fingerprint density at radius 1 is 1.55 bits per heavy atom. The molecule has 3 nitrogen and oxygen atoms in total. The summed E-state index contributed by atoms with van der Waals surface area (Å²) in [6.45, 7) is 4.01. The number of nitrogens with zero attached hydrogens (tertiary/aromatic N) is 1. The van der Waals surface area contributed by atoms with Crippen LogP contribution in [0.5, 0.6) is 0 Å².